The molecule has 0 heterocycles. The Hall–Kier alpha value is -0.00169. The molecule has 0 aliphatic rings. The Morgan fingerprint density at radius 3 is 2.73 bits per heavy atom. The molecule has 1 aromatic carbocycles. The average Bonchev–Trinajstić information content (AvgIpc) is 1.88. The largest absolute Gasteiger partial charge is 0.525 e. The summed E-state index contributed by atoms with van der Waals surface area (Å²) in [7, 11) is 0. The normalized spacial score (nSPS) is 8.55. The summed E-state index contributed by atoms with van der Waals surface area (Å²) in [5.41, 5.74) is 0. The van der Waals surface area contributed by atoms with Gasteiger partial charge in [0.15, 0.2) is 0 Å². The molecule has 3 heteroatoms. The maximum absolute atomic E-state index is 5.68. The first kappa shape index (κ1) is 11.0. The number of rotatable bonds is 2. The van der Waals surface area contributed by atoms with Crippen LogP contribution >= 0.6 is 11.6 Å². The van der Waals surface area contributed by atoms with Crippen molar-refractivity contribution in [1.82, 2.24) is 0 Å². The predicted molar refractivity (Wildman–Crippen MR) is 42.3 cm³/mol. The molecule has 0 aromatic heterocycles. The maximum Gasteiger partial charge on any atom is 0.116 e. The second-order valence-corrected chi connectivity index (χ2v) is 2.24. The van der Waals surface area contributed by atoms with Crippen LogP contribution in [0.2, 0.25) is 5.02 Å². The number of hydrogen-bond acceptors (Lipinski definition) is 1. The number of hydrogen-bond donors (Lipinski definition) is 0. The Labute approximate surface area is 86.0 Å². The third kappa shape index (κ3) is 3.79. The SMILES string of the molecule is [CH2-]COc1cccc(Cl)c1.[W]. The van der Waals surface area contributed by atoms with Crippen LogP contribution in [0.4, 0.5) is 0 Å². The van der Waals surface area contributed by atoms with Crippen LogP contribution in [0.1, 0.15) is 0 Å². The quantitative estimate of drug-likeness (QED) is 0.753. The van der Waals surface area contributed by atoms with E-state index in [-0.39, 0.29) is 21.1 Å². The van der Waals surface area contributed by atoms with Gasteiger partial charge in [-0.05, 0) is 24.8 Å². The van der Waals surface area contributed by atoms with Crippen LogP contribution in [0.25, 0.3) is 0 Å². The van der Waals surface area contributed by atoms with Gasteiger partial charge in [0.1, 0.15) is 5.75 Å². The van der Waals surface area contributed by atoms with E-state index in [0.29, 0.717) is 11.6 Å². The maximum atomic E-state index is 5.68. The average molecular weight is 339 g/mol. The Kier molecular flexibility index (Phi) is 5.62. The second kappa shape index (κ2) is 5.62. The molecule has 0 fully saturated rings. The molecule has 0 atom stereocenters. The summed E-state index contributed by atoms with van der Waals surface area (Å²) in [6, 6.07) is 7.24. The van der Waals surface area contributed by atoms with Gasteiger partial charge in [-0.25, -0.2) is 0 Å². The fraction of sp³-hybridized carbons (Fsp3) is 0.125. The van der Waals surface area contributed by atoms with Crippen LogP contribution in [0.15, 0.2) is 24.3 Å². The van der Waals surface area contributed by atoms with E-state index < -0.39 is 0 Å². The first-order chi connectivity index (χ1) is 4.83. The molecular formula is C8H8ClOW-. The van der Waals surface area contributed by atoms with Gasteiger partial charge in [-0.2, -0.15) is 0 Å². The van der Waals surface area contributed by atoms with Gasteiger partial charge in [0.25, 0.3) is 0 Å². The summed E-state index contributed by atoms with van der Waals surface area (Å²) >= 11 is 5.68. The van der Waals surface area contributed by atoms with E-state index in [1.54, 1.807) is 12.1 Å². The van der Waals surface area contributed by atoms with Crippen molar-refractivity contribution in [2.24, 2.45) is 0 Å². The fourth-order valence-electron chi connectivity index (χ4n) is 0.675. The standard InChI is InChI=1S/C8H8ClO.W/c1-2-10-8-5-3-4-7(9)6-8;/h3-6H,1-2H2;/q-1;. The summed E-state index contributed by atoms with van der Waals surface area (Å²) in [5, 5.41) is 0.686. The molecule has 0 saturated carbocycles. The van der Waals surface area contributed by atoms with Crippen molar-refractivity contribution >= 4 is 11.6 Å². The molecule has 60 valence electrons. The van der Waals surface area contributed by atoms with Crippen molar-refractivity contribution in [3.8, 4) is 5.75 Å². The van der Waals surface area contributed by atoms with Gasteiger partial charge in [0, 0.05) is 26.1 Å². The van der Waals surface area contributed by atoms with E-state index in [4.69, 9.17) is 16.3 Å². The van der Waals surface area contributed by atoms with E-state index in [2.05, 4.69) is 6.92 Å². The molecule has 0 N–H and O–H groups in total. The first-order valence-electron chi connectivity index (χ1n) is 3.00. The van der Waals surface area contributed by atoms with Crippen molar-refractivity contribution in [1.29, 1.82) is 0 Å². The summed E-state index contributed by atoms with van der Waals surface area (Å²) in [6.45, 7) is 3.98. The Bertz CT molecular complexity index is 215. The Morgan fingerprint density at radius 2 is 2.18 bits per heavy atom. The molecule has 1 nitrogen and oxygen atoms in total. The molecule has 0 saturated heterocycles. The third-order valence-electron chi connectivity index (χ3n) is 1.06. The fourth-order valence-corrected chi connectivity index (χ4v) is 0.855. The van der Waals surface area contributed by atoms with Crippen LogP contribution < -0.4 is 4.74 Å². The molecule has 11 heavy (non-hydrogen) atoms. The van der Waals surface area contributed by atoms with Crippen molar-refractivity contribution in [3.63, 3.8) is 0 Å². The van der Waals surface area contributed by atoms with Gasteiger partial charge in [-0.15, -0.1) is 0 Å². The summed E-state index contributed by atoms with van der Waals surface area (Å²) in [5.74, 6) is 0.766. The van der Waals surface area contributed by atoms with Gasteiger partial charge >= 0.3 is 0 Å². The van der Waals surface area contributed by atoms with E-state index in [9.17, 15) is 0 Å². The van der Waals surface area contributed by atoms with Gasteiger partial charge in [-0.3, -0.25) is 0 Å². The van der Waals surface area contributed by atoms with Gasteiger partial charge in [0.2, 0.25) is 0 Å². The zero-order chi connectivity index (χ0) is 7.40. The minimum atomic E-state index is 0. The molecule has 0 amide bonds. The topological polar surface area (TPSA) is 9.23 Å². The zero-order valence-electron chi connectivity index (χ0n) is 5.92. The molecule has 0 bridgehead atoms. The van der Waals surface area contributed by atoms with E-state index in [1.165, 1.54) is 0 Å². The minimum Gasteiger partial charge on any atom is -0.525 e. The van der Waals surface area contributed by atoms with Gasteiger partial charge in [0.05, 0.1) is 0 Å². The van der Waals surface area contributed by atoms with Crippen LogP contribution in [0.3, 0.4) is 0 Å². The smallest absolute Gasteiger partial charge is 0.116 e. The molecule has 1 aromatic rings. The van der Waals surface area contributed by atoms with E-state index >= 15 is 0 Å². The van der Waals surface area contributed by atoms with Crippen LogP contribution in [-0.4, -0.2) is 6.61 Å². The molecule has 0 aliphatic carbocycles. The van der Waals surface area contributed by atoms with Gasteiger partial charge < -0.3 is 11.7 Å². The summed E-state index contributed by atoms with van der Waals surface area (Å²) < 4.78 is 5.09. The van der Waals surface area contributed by atoms with Gasteiger partial charge in [-0.1, -0.05) is 17.7 Å². The van der Waals surface area contributed by atoms with Crippen molar-refractivity contribution in [2.45, 2.75) is 0 Å². The summed E-state index contributed by atoms with van der Waals surface area (Å²) in [6.07, 6.45) is 0. The molecule has 1 rings (SSSR count). The molecule has 0 aliphatic heterocycles. The van der Waals surface area contributed by atoms with Crippen molar-refractivity contribution in [3.05, 3.63) is 36.2 Å². The second-order valence-electron chi connectivity index (χ2n) is 1.81. The summed E-state index contributed by atoms with van der Waals surface area (Å²) in [4.78, 5) is 0. The van der Waals surface area contributed by atoms with E-state index in [0.717, 1.165) is 5.75 Å². The monoisotopic (exact) mass is 339 g/mol. The number of ether oxygens (including phenoxy) is 1. The van der Waals surface area contributed by atoms with Crippen LogP contribution in [0.5, 0.6) is 5.75 Å². The van der Waals surface area contributed by atoms with Crippen molar-refractivity contribution < 1.29 is 25.8 Å². The zero-order valence-corrected chi connectivity index (χ0v) is 9.61. The first-order valence-corrected chi connectivity index (χ1v) is 3.38. The van der Waals surface area contributed by atoms with E-state index in [1.807, 2.05) is 12.1 Å². The molecule has 0 spiro atoms. The van der Waals surface area contributed by atoms with Crippen LogP contribution in [0, 0.1) is 6.92 Å². The third-order valence-corrected chi connectivity index (χ3v) is 1.30. The molecular weight excluding hydrogens is 331 g/mol. The molecule has 0 unspecified atom stereocenters. The Morgan fingerprint density at radius 1 is 1.45 bits per heavy atom. The number of benzene rings is 1. The van der Waals surface area contributed by atoms with Crippen molar-refractivity contribution in [2.75, 3.05) is 6.61 Å². The minimum absolute atomic E-state index is 0. The Balaban J connectivity index is 0.000001000. The van der Waals surface area contributed by atoms with Crippen LogP contribution in [-0.2, 0) is 21.1 Å². The number of halogens is 1. The predicted octanol–water partition coefficient (Wildman–Crippen LogP) is 2.55. The molecule has 0 radical (unpaired) electrons.